The van der Waals surface area contributed by atoms with Crippen LogP contribution in [0.25, 0.3) is 6.08 Å². The second-order valence-corrected chi connectivity index (χ2v) is 6.62. The summed E-state index contributed by atoms with van der Waals surface area (Å²) in [6.45, 7) is -1.01. The van der Waals surface area contributed by atoms with Gasteiger partial charge in [0.05, 0.1) is 13.7 Å². The first-order valence-electron chi connectivity index (χ1n) is 9.08. The maximum atomic E-state index is 11.8. The number of aliphatic hydroxyl groups excluding tert-OH is 4. The summed E-state index contributed by atoms with van der Waals surface area (Å²) < 4.78 is 19.7. The van der Waals surface area contributed by atoms with E-state index in [0.29, 0.717) is 5.56 Å². The normalized spacial score (nSPS) is 27.1. The van der Waals surface area contributed by atoms with Gasteiger partial charge in [-0.25, -0.2) is 9.59 Å². The molecule has 172 valence electrons. The first kappa shape index (κ1) is 24.5. The Labute approximate surface area is 176 Å². The summed E-state index contributed by atoms with van der Waals surface area (Å²) >= 11 is 0. The Morgan fingerprint density at radius 1 is 1.16 bits per heavy atom. The quantitative estimate of drug-likeness (QED) is 0.186. The van der Waals surface area contributed by atoms with Crippen molar-refractivity contribution in [2.75, 3.05) is 20.3 Å². The molecule has 0 unspecified atom stereocenters. The number of phenolic OH excluding ortho intramolecular Hbond substituents is 1. The summed E-state index contributed by atoms with van der Waals surface area (Å²) in [6, 6.07) is 4.42. The van der Waals surface area contributed by atoms with E-state index in [1.165, 1.54) is 31.4 Å². The molecule has 0 saturated carbocycles. The summed E-state index contributed by atoms with van der Waals surface area (Å²) in [5.41, 5.74) is 0.549. The van der Waals surface area contributed by atoms with Crippen LogP contribution in [0.15, 0.2) is 24.3 Å². The monoisotopic (exact) mass is 444 g/mol. The van der Waals surface area contributed by atoms with Crippen molar-refractivity contribution < 1.29 is 59.2 Å². The third kappa shape index (κ3) is 6.62. The van der Waals surface area contributed by atoms with E-state index in [4.69, 9.17) is 24.1 Å². The number of esters is 1. The van der Waals surface area contributed by atoms with Gasteiger partial charge in [0, 0.05) is 6.08 Å². The zero-order valence-corrected chi connectivity index (χ0v) is 16.4. The van der Waals surface area contributed by atoms with Crippen molar-refractivity contribution in [3.63, 3.8) is 0 Å². The molecule has 12 heteroatoms. The van der Waals surface area contributed by atoms with Gasteiger partial charge in [-0.15, -0.1) is 0 Å². The van der Waals surface area contributed by atoms with Gasteiger partial charge in [0.25, 0.3) is 0 Å². The van der Waals surface area contributed by atoms with Gasteiger partial charge in [-0.1, -0.05) is 6.07 Å². The number of aromatic hydroxyl groups is 1. The molecule has 1 fully saturated rings. The van der Waals surface area contributed by atoms with Gasteiger partial charge in [0.1, 0.15) is 31.0 Å². The van der Waals surface area contributed by atoms with Crippen LogP contribution in [-0.2, 0) is 23.8 Å². The number of aliphatic carboxylic acids is 1. The lowest BCUT2D eigenvalue weighted by atomic mass is 9.99. The fourth-order valence-corrected chi connectivity index (χ4v) is 2.63. The fourth-order valence-electron chi connectivity index (χ4n) is 2.63. The van der Waals surface area contributed by atoms with Gasteiger partial charge in [-0.2, -0.15) is 0 Å². The molecule has 1 aliphatic heterocycles. The molecule has 0 aromatic heterocycles. The first-order valence-corrected chi connectivity index (χ1v) is 9.08. The highest BCUT2D eigenvalue weighted by Gasteiger charge is 2.47. The molecular formula is C19H24O12. The van der Waals surface area contributed by atoms with Crippen molar-refractivity contribution in [1.82, 2.24) is 0 Å². The number of carbonyl (C=O) groups excluding carboxylic acids is 1. The van der Waals surface area contributed by atoms with E-state index in [0.717, 1.165) is 6.08 Å². The smallest absolute Gasteiger partial charge is 0.335 e. The molecule has 1 heterocycles. The van der Waals surface area contributed by atoms with E-state index < -0.39 is 62.0 Å². The Balaban J connectivity index is 1.80. The average Bonchev–Trinajstić information content (AvgIpc) is 2.74. The predicted octanol–water partition coefficient (Wildman–Crippen LogP) is -1.77. The topological polar surface area (TPSA) is 192 Å². The van der Waals surface area contributed by atoms with Crippen molar-refractivity contribution >= 4 is 18.0 Å². The SMILES string of the molecule is COc1cc(C=CC(=O)OC[C@H](O)CO[C@H]2O[C@H](C(=O)O)[C@@H](O)[C@H](O)[C@H]2O)ccc1O. The number of ether oxygens (including phenoxy) is 4. The highest BCUT2D eigenvalue weighted by molar-refractivity contribution is 5.87. The molecular weight excluding hydrogens is 420 g/mol. The number of rotatable bonds is 9. The minimum absolute atomic E-state index is 0.0610. The van der Waals surface area contributed by atoms with Gasteiger partial charge >= 0.3 is 11.9 Å². The van der Waals surface area contributed by atoms with Gasteiger partial charge in [-0.3, -0.25) is 0 Å². The van der Waals surface area contributed by atoms with E-state index in [1.807, 2.05) is 0 Å². The fraction of sp³-hybridized carbons (Fsp3) is 0.474. The van der Waals surface area contributed by atoms with Gasteiger partial charge in [0.15, 0.2) is 23.9 Å². The predicted molar refractivity (Wildman–Crippen MR) is 101 cm³/mol. The first-order chi connectivity index (χ1) is 14.6. The average molecular weight is 444 g/mol. The Morgan fingerprint density at radius 2 is 1.87 bits per heavy atom. The number of carboxylic acid groups (broad SMARTS) is 1. The highest BCUT2D eigenvalue weighted by Crippen LogP contribution is 2.26. The summed E-state index contributed by atoms with van der Waals surface area (Å²) in [6.07, 6.45) is -7.78. The van der Waals surface area contributed by atoms with Crippen LogP contribution < -0.4 is 4.74 Å². The van der Waals surface area contributed by atoms with Crippen molar-refractivity contribution in [2.24, 2.45) is 0 Å². The molecule has 12 nitrogen and oxygen atoms in total. The van der Waals surface area contributed by atoms with Crippen molar-refractivity contribution in [2.45, 2.75) is 36.8 Å². The third-order valence-electron chi connectivity index (χ3n) is 4.30. The Bertz CT molecular complexity index is 794. The van der Waals surface area contributed by atoms with Crippen LogP contribution in [0.1, 0.15) is 5.56 Å². The van der Waals surface area contributed by atoms with Crippen LogP contribution in [0.3, 0.4) is 0 Å². The van der Waals surface area contributed by atoms with Crippen LogP contribution >= 0.6 is 0 Å². The van der Waals surface area contributed by atoms with E-state index in [1.54, 1.807) is 0 Å². The number of methoxy groups -OCH3 is 1. The van der Waals surface area contributed by atoms with Crippen molar-refractivity contribution in [1.29, 1.82) is 0 Å². The number of carboxylic acids is 1. The lowest BCUT2D eigenvalue weighted by Gasteiger charge is -2.38. The molecule has 0 aliphatic carbocycles. The standard InChI is InChI=1S/C19H24O12/c1-28-12-6-9(2-4-11(12)21)3-5-13(22)29-7-10(20)8-30-19-16(25)14(23)15(24)17(31-19)18(26)27/h2-6,10,14-17,19-21,23-25H,7-8H2,1H3,(H,26,27)/t10-,14-,15-,16+,17-,19-/m0/s1. The third-order valence-corrected chi connectivity index (χ3v) is 4.30. The molecule has 0 radical (unpaired) electrons. The molecule has 0 amide bonds. The summed E-state index contributed by atoms with van der Waals surface area (Å²) in [4.78, 5) is 22.8. The van der Waals surface area contributed by atoms with Gasteiger partial charge in [-0.05, 0) is 23.8 Å². The molecule has 2 rings (SSSR count). The Morgan fingerprint density at radius 3 is 2.52 bits per heavy atom. The zero-order valence-electron chi connectivity index (χ0n) is 16.4. The molecule has 0 spiro atoms. The molecule has 6 atom stereocenters. The van der Waals surface area contributed by atoms with Crippen LogP contribution in [0, 0.1) is 0 Å². The van der Waals surface area contributed by atoms with Crippen LogP contribution in [0.2, 0.25) is 0 Å². The lowest BCUT2D eigenvalue weighted by Crippen LogP contribution is -2.60. The number of benzene rings is 1. The zero-order chi connectivity index (χ0) is 23.1. The maximum absolute atomic E-state index is 11.8. The minimum atomic E-state index is -1.86. The molecule has 1 saturated heterocycles. The van der Waals surface area contributed by atoms with E-state index >= 15 is 0 Å². The number of carbonyl (C=O) groups is 2. The maximum Gasteiger partial charge on any atom is 0.335 e. The van der Waals surface area contributed by atoms with Crippen molar-refractivity contribution in [3.05, 3.63) is 29.8 Å². The Hall–Kier alpha value is -2.74. The van der Waals surface area contributed by atoms with Crippen LogP contribution in [-0.4, -0.2) is 99.7 Å². The second-order valence-electron chi connectivity index (χ2n) is 6.62. The van der Waals surface area contributed by atoms with Gasteiger partial charge in [0.2, 0.25) is 0 Å². The molecule has 1 aromatic rings. The lowest BCUT2D eigenvalue weighted by molar-refractivity contribution is -0.298. The van der Waals surface area contributed by atoms with Crippen LogP contribution in [0.5, 0.6) is 11.5 Å². The van der Waals surface area contributed by atoms with E-state index in [2.05, 4.69) is 0 Å². The van der Waals surface area contributed by atoms with Crippen molar-refractivity contribution in [3.8, 4) is 11.5 Å². The number of hydrogen-bond acceptors (Lipinski definition) is 11. The summed E-state index contributed by atoms with van der Waals surface area (Å²) in [5, 5.41) is 57.4. The molecule has 1 aromatic carbocycles. The Kier molecular flexibility index (Phi) is 8.74. The highest BCUT2D eigenvalue weighted by atomic mass is 16.7. The number of hydrogen-bond donors (Lipinski definition) is 6. The van der Waals surface area contributed by atoms with E-state index in [-0.39, 0.29) is 11.5 Å². The number of phenols is 1. The molecule has 0 bridgehead atoms. The van der Waals surface area contributed by atoms with E-state index in [9.17, 15) is 35.1 Å². The summed E-state index contributed by atoms with van der Waals surface area (Å²) in [7, 11) is 1.38. The molecule has 6 N–H and O–H groups in total. The number of aliphatic hydroxyl groups is 4. The minimum Gasteiger partial charge on any atom is -0.504 e. The summed E-state index contributed by atoms with van der Waals surface area (Å²) in [5.74, 6) is -2.20. The molecule has 1 aliphatic rings. The molecule has 31 heavy (non-hydrogen) atoms. The van der Waals surface area contributed by atoms with Gasteiger partial charge < -0.3 is 49.6 Å². The van der Waals surface area contributed by atoms with Crippen LogP contribution in [0.4, 0.5) is 0 Å². The second kappa shape index (κ2) is 11.0. The largest absolute Gasteiger partial charge is 0.504 e.